The topological polar surface area (TPSA) is 92.8 Å². The molecule has 1 fully saturated rings. The normalized spacial score (nSPS) is 17.2. The summed E-state index contributed by atoms with van der Waals surface area (Å²) in [7, 11) is 1.62. The molecule has 104 valence electrons. The first kappa shape index (κ1) is 13.6. The van der Waals surface area contributed by atoms with Gasteiger partial charge in [0.2, 0.25) is 5.88 Å². The highest BCUT2D eigenvalue weighted by Gasteiger charge is 2.42. The van der Waals surface area contributed by atoms with E-state index in [2.05, 4.69) is 15.5 Å². The Morgan fingerprint density at radius 2 is 2.42 bits per heavy atom. The highest BCUT2D eigenvalue weighted by atomic mass is 16.5. The molecule has 1 aromatic rings. The van der Waals surface area contributed by atoms with Gasteiger partial charge in [-0.25, -0.2) is 4.98 Å². The van der Waals surface area contributed by atoms with Crippen LogP contribution in [0.25, 0.3) is 0 Å². The van der Waals surface area contributed by atoms with Crippen LogP contribution in [0.4, 0.5) is 0 Å². The number of rotatable bonds is 7. The highest BCUT2D eigenvalue weighted by Crippen LogP contribution is 2.48. The Balaban J connectivity index is 1.84. The molecule has 1 saturated carbocycles. The van der Waals surface area contributed by atoms with Gasteiger partial charge in [0.25, 0.3) is 0 Å². The van der Waals surface area contributed by atoms with Gasteiger partial charge in [0.1, 0.15) is 5.84 Å². The predicted molar refractivity (Wildman–Crippen MR) is 72.2 cm³/mol. The molecule has 0 spiro atoms. The fraction of sp³-hybridized carbons (Fsp3) is 0.538. The van der Waals surface area contributed by atoms with Crippen molar-refractivity contribution in [2.75, 3.05) is 13.7 Å². The maximum Gasteiger partial charge on any atom is 0.217 e. The molecule has 1 aliphatic carbocycles. The third-order valence-corrected chi connectivity index (χ3v) is 3.50. The molecule has 0 saturated heterocycles. The molecule has 0 atom stereocenters. The van der Waals surface area contributed by atoms with E-state index in [0.29, 0.717) is 24.7 Å². The number of amidine groups is 1. The maximum absolute atomic E-state index is 8.62. The number of nitrogens with two attached hydrogens (primary N) is 1. The number of nitrogens with one attached hydrogen (secondary N) is 1. The SMILES string of the molecule is COc1ncccc1CNCC1(CC(N)=NO)CC1. The fourth-order valence-electron chi connectivity index (χ4n) is 2.22. The molecule has 0 unspecified atom stereocenters. The summed E-state index contributed by atoms with van der Waals surface area (Å²) in [5.41, 5.74) is 6.76. The van der Waals surface area contributed by atoms with Crippen molar-refractivity contribution in [3.63, 3.8) is 0 Å². The van der Waals surface area contributed by atoms with E-state index in [-0.39, 0.29) is 5.41 Å². The van der Waals surface area contributed by atoms with Crippen molar-refractivity contribution in [3.8, 4) is 5.88 Å². The molecular formula is C13H20N4O2. The molecule has 0 radical (unpaired) electrons. The van der Waals surface area contributed by atoms with E-state index in [4.69, 9.17) is 15.7 Å². The summed E-state index contributed by atoms with van der Waals surface area (Å²) >= 11 is 0. The van der Waals surface area contributed by atoms with Crippen LogP contribution in [-0.4, -0.2) is 29.7 Å². The van der Waals surface area contributed by atoms with Gasteiger partial charge in [0.15, 0.2) is 0 Å². The van der Waals surface area contributed by atoms with E-state index >= 15 is 0 Å². The van der Waals surface area contributed by atoms with E-state index < -0.39 is 0 Å². The Bertz CT molecular complexity index is 458. The summed E-state index contributed by atoms with van der Waals surface area (Å²) in [5.74, 6) is 0.953. The number of oxime groups is 1. The molecule has 1 aromatic heterocycles. The third-order valence-electron chi connectivity index (χ3n) is 3.50. The van der Waals surface area contributed by atoms with Crippen LogP contribution in [0.5, 0.6) is 5.88 Å². The number of hydrogen-bond acceptors (Lipinski definition) is 5. The average molecular weight is 264 g/mol. The number of aromatic nitrogens is 1. The summed E-state index contributed by atoms with van der Waals surface area (Å²) < 4.78 is 5.20. The first-order valence-corrected chi connectivity index (χ1v) is 6.34. The van der Waals surface area contributed by atoms with E-state index in [9.17, 15) is 0 Å². The lowest BCUT2D eigenvalue weighted by molar-refractivity contribution is 0.314. The zero-order chi connectivity index (χ0) is 13.7. The quantitative estimate of drug-likeness (QED) is 0.297. The maximum atomic E-state index is 8.62. The molecule has 0 aliphatic heterocycles. The van der Waals surface area contributed by atoms with Crippen LogP contribution in [0.3, 0.4) is 0 Å². The molecule has 19 heavy (non-hydrogen) atoms. The monoisotopic (exact) mass is 264 g/mol. The van der Waals surface area contributed by atoms with Crippen molar-refractivity contribution in [1.29, 1.82) is 0 Å². The minimum absolute atomic E-state index is 0.158. The minimum atomic E-state index is 0.158. The van der Waals surface area contributed by atoms with Crippen molar-refractivity contribution in [1.82, 2.24) is 10.3 Å². The summed E-state index contributed by atoms with van der Waals surface area (Å²) in [5, 5.41) is 15.1. The van der Waals surface area contributed by atoms with Crippen molar-refractivity contribution in [3.05, 3.63) is 23.9 Å². The van der Waals surface area contributed by atoms with Crippen LogP contribution in [-0.2, 0) is 6.54 Å². The van der Waals surface area contributed by atoms with Crippen LogP contribution in [0.2, 0.25) is 0 Å². The van der Waals surface area contributed by atoms with Gasteiger partial charge in [-0.05, 0) is 24.3 Å². The van der Waals surface area contributed by atoms with E-state index in [1.807, 2.05) is 12.1 Å². The molecule has 1 aliphatic rings. The van der Waals surface area contributed by atoms with Gasteiger partial charge >= 0.3 is 0 Å². The molecule has 2 rings (SSSR count). The lowest BCUT2D eigenvalue weighted by Gasteiger charge is -2.15. The lowest BCUT2D eigenvalue weighted by atomic mass is 10.0. The van der Waals surface area contributed by atoms with Gasteiger partial charge in [-0.15, -0.1) is 0 Å². The molecule has 0 bridgehead atoms. The average Bonchev–Trinajstić information content (AvgIpc) is 3.19. The third kappa shape index (κ3) is 3.57. The molecule has 1 heterocycles. The molecule has 0 amide bonds. The predicted octanol–water partition coefficient (Wildman–Crippen LogP) is 1.10. The Labute approximate surface area is 112 Å². The standard InChI is InChI=1S/C13H20N4O2/c1-19-12-10(3-2-6-16-12)8-15-9-13(4-5-13)7-11(14)17-18/h2-3,6,15,18H,4-5,7-9H2,1H3,(H2,14,17). The number of hydrogen-bond donors (Lipinski definition) is 3. The van der Waals surface area contributed by atoms with Gasteiger partial charge in [0, 0.05) is 31.3 Å². The van der Waals surface area contributed by atoms with E-state index in [1.165, 1.54) is 0 Å². The van der Waals surface area contributed by atoms with Crippen LogP contribution in [0, 0.1) is 5.41 Å². The van der Waals surface area contributed by atoms with Crippen LogP contribution >= 0.6 is 0 Å². The Morgan fingerprint density at radius 1 is 1.63 bits per heavy atom. The van der Waals surface area contributed by atoms with Crippen LogP contribution in [0.1, 0.15) is 24.8 Å². The van der Waals surface area contributed by atoms with Crippen molar-refractivity contribution < 1.29 is 9.94 Å². The minimum Gasteiger partial charge on any atom is -0.481 e. The zero-order valence-electron chi connectivity index (χ0n) is 11.1. The molecule has 6 heteroatoms. The number of pyridine rings is 1. The van der Waals surface area contributed by atoms with Gasteiger partial charge in [-0.1, -0.05) is 11.2 Å². The van der Waals surface area contributed by atoms with Crippen LogP contribution < -0.4 is 15.8 Å². The second-order valence-electron chi connectivity index (χ2n) is 5.04. The second-order valence-corrected chi connectivity index (χ2v) is 5.04. The Morgan fingerprint density at radius 3 is 3.05 bits per heavy atom. The van der Waals surface area contributed by atoms with Gasteiger partial charge < -0.3 is 21.0 Å². The molecule has 6 nitrogen and oxygen atoms in total. The lowest BCUT2D eigenvalue weighted by Crippen LogP contribution is -2.28. The first-order valence-electron chi connectivity index (χ1n) is 6.34. The van der Waals surface area contributed by atoms with Gasteiger partial charge in [0.05, 0.1) is 7.11 Å². The fourth-order valence-corrected chi connectivity index (χ4v) is 2.22. The number of methoxy groups -OCH3 is 1. The summed E-state index contributed by atoms with van der Waals surface area (Å²) in [6.07, 6.45) is 4.57. The van der Waals surface area contributed by atoms with Crippen LogP contribution in [0.15, 0.2) is 23.5 Å². The highest BCUT2D eigenvalue weighted by molar-refractivity contribution is 5.80. The first-order chi connectivity index (χ1) is 9.19. The molecule has 0 aromatic carbocycles. The number of ether oxygens (including phenoxy) is 1. The van der Waals surface area contributed by atoms with Gasteiger partial charge in [-0.3, -0.25) is 0 Å². The smallest absolute Gasteiger partial charge is 0.217 e. The Hall–Kier alpha value is -1.82. The van der Waals surface area contributed by atoms with E-state index in [0.717, 1.165) is 24.9 Å². The van der Waals surface area contributed by atoms with Crippen molar-refractivity contribution in [2.24, 2.45) is 16.3 Å². The summed E-state index contributed by atoms with van der Waals surface area (Å²) in [6, 6.07) is 3.88. The largest absolute Gasteiger partial charge is 0.481 e. The zero-order valence-corrected chi connectivity index (χ0v) is 11.1. The molecule has 4 N–H and O–H groups in total. The summed E-state index contributed by atoms with van der Waals surface area (Å²) in [4.78, 5) is 4.16. The number of nitrogens with zero attached hydrogens (tertiary/aromatic N) is 2. The molecular weight excluding hydrogens is 244 g/mol. The van der Waals surface area contributed by atoms with Crippen molar-refractivity contribution in [2.45, 2.75) is 25.8 Å². The van der Waals surface area contributed by atoms with E-state index in [1.54, 1.807) is 13.3 Å². The van der Waals surface area contributed by atoms with Crippen molar-refractivity contribution >= 4 is 5.84 Å². The second kappa shape index (κ2) is 5.88. The summed E-state index contributed by atoms with van der Waals surface area (Å²) in [6.45, 7) is 1.55. The Kier molecular flexibility index (Phi) is 4.21. The van der Waals surface area contributed by atoms with Gasteiger partial charge in [-0.2, -0.15) is 0 Å².